The van der Waals surface area contributed by atoms with Crippen molar-refractivity contribution in [2.75, 3.05) is 39.1 Å². The van der Waals surface area contributed by atoms with Crippen LogP contribution in [0.4, 0.5) is 5.69 Å². The lowest BCUT2D eigenvalue weighted by Gasteiger charge is -2.32. The number of hydrogen-bond donors (Lipinski definition) is 2. The Labute approximate surface area is 279 Å². The third-order valence-electron chi connectivity index (χ3n) is 8.09. The molecule has 0 bridgehead atoms. The lowest BCUT2D eigenvalue weighted by molar-refractivity contribution is 0.0713. The maximum Gasteiger partial charge on any atom is 0.253 e. The Balaban J connectivity index is 0.000000323. The predicted molar refractivity (Wildman–Crippen MR) is 184 cm³/mol. The Bertz CT molecular complexity index is 1740. The molecule has 1 unspecified atom stereocenters. The summed E-state index contributed by atoms with van der Waals surface area (Å²) < 4.78 is 26.1. The first-order chi connectivity index (χ1) is 22.8. The number of carbonyl (C=O) groups excluding carboxylic acids is 2. The van der Waals surface area contributed by atoms with Gasteiger partial charge in [-0.3, -0.25) is 9.59 Å². The molecule has 1 saturated heterocycles. The molecule has 0 spiro atoms. The van der Waals surface area contributed by atoms with E-state index in [4.69, 9.17) is 14.7 Å². The summed E-state index contributed by atoms with van der Waals surface area (Å²) in [5.41, 5.74) is 5.33. The van der Waals surface area contributed by atoms with Crippen LogP contribution >= 0.6 is 0 Å². The number of anilines is 1. The Hall–Kier alpha value is -4.98. The quantitative estimate of drug-likeness (QED) is 0.194. The molecule has 1 aliphatic heterocycles. The van der Waals surface area contributed by atoms with Crippen molar-refractivity contribution in [1.29, 1.82) is 5.26 Å². The summed E-state index contributed by atoms with van der Waals surface area (Å²) in [4.78, 5) is 26.7. The normalized spacial score (nSPS) is 13.4. The van der Waals surface area contributed by atoms with Crippen LogP contribution in [-0.4, -0.2) is 55.7 Å². The average Bonchev–Trinajstić information content (AvgIpc) is 3.12. The van der Waals surface area contributed by atoms with Crippen LogP contribution in [0.25, 0.3) is 0 Å². The van der Waals surface area contributed by atoms with Crippen molar-refractivity contribution < 1.29 is 23.3 Å². The molecule has 0 saturated carbocycles. The van der Waals surface area contributed by atoms with E-state index in [1.165, 1.54) is 5.56 Å². The number of ether oxygens (including phenoxy) is 2. The SMILES string of the molecule is CNCc1ccc(OC)cc1OC.Cc1ccc(C(=O)N2CCC(c3ccc(C#N)cc3)CC2)cc1NS(=O)c1ccccc1C=O. The number of hydrogen-bond acceptors (Lipinski definition) is 7. The molecule has 1 atom stereocenters. The highest BCUT2D eigenvalue weighted by Gasteiger charge is 2.25. The summed E-state index contributed by atoms with van der Waals surface area (Å²) in [6.45, 7) is 3.98. The monoisotopic (exact) mass is 652 g/mol. The highest BCUT2D eigenvalue weighted by molar-refractivity contribution is 7.86. The van der Waals surface area contributed by atoms with E-state index in [0.29, 0.717) is 52.6 Å². The van der Waals surface area contributed by atoms with Crippen LogP contribution in [0.2, 0.25) is 0 Å². The molecule has 0 aliphatic carbocycles. The van der Waals surface area contributed by atoms with E-state index in [1.807, 2.05) is 67.4 Å². The topological polar surface area (TPSA) is 121 Å². The zero-order valence-corrected chi connectivity index (χ0v) is 27.9. The second kappa shape index (κ2) is 17.1. The van der Waals surface area contributed by atoms with E-state index in [-0.39, 0.29) is 5.91 Å². The van der Waals surface area contributed by atoms with E-state index in [2.05, 4.69) is 16.1 Å². The number of aldehydes is 1. The van der Waals surface area contributed by atoms with E-state index in [1.54, 1.807) is 50.6 Å². The van der Waals surface area contributed by atoms with Crippen LogP contribution in [0.3, 0.4) is 0 Å². The van der Waals surface area contributed by atoms with Crippen molar-refractivity contribution in [2.45, 2.75) is 37.1 Å². The number of likely N-dealkylation sites (tertiary alicyclic amines) is 1. The Morgan fingerprint density at radius 2 is 1.72 bits per heavy atom. The number of nitrogens with zero attached hydrogens (tertiary/aromatic N) is 2. The van der Waals surface area contributed by atoms with Gasteiger partial charge in [-0.25, -0.2) is 4.21 Å². The molecule has 244 valence electrons. The first kappa shape index (κ1) is 34.9. The van der Waals surface area contributed by atoms with Gasteiger partial charge in [0, 0.05) is 42.4 Å². The maximum absolute atomic E-state index is 13.2. The van der Waals surface area contributed by atoms with Gasteiger partial charge in [-0.1, -0.05) is 42.5 Å². The molecule has 4 aromatic rings. The first-order valence-corrected chi connectivity index (χ1v) is 16.4. The number of rotatable bonds is 10. The fourth-order valence-electron chi connectivity index (χ4n) is 5.38. The van der Waals surface area contributed by atoms with Crippen molar-refractivity contribution in [2.24, 2.45) is 0 Å². The van der Waals surface area contributed by atoms with Gasteiger partial charge in [0.2, 0.25) is 0 Å². The maximum atomic E-state index is 13.2. The van der Waals surface area contributed by atoms with Gasteiger partial charge in [0.25, 0.3) is 5.91 Å². The van der Waals surface area contributed by atoms with Crippen LogP contribution in [0.1, 0.15) is 61.7 Å². The van der Waals surface area contributed by atoms with Gasteiger partial charge in [0.1, 0.15) is 11.5 Å². The molecule has 1 amide bonds. The van der Waals surface area contributed by atoms with Crippen LogP contribution in [0.15, 0.2) is 89.8 Å². The van der Waals surface area contributed by atoms with Gasteiger partial charge >= 0.3 is 0 Å². The van der Waals surface area contributed by atoms with Gasteiger partial charge < -0.3 is 24.4 Å². The standard InChI is InChI=1S/C27H25N3O3S.C10H15NO2/c1-19-6-9-23(16-25(19)29-34(33)26-5-3-2-4-24(26)18-31)27(32)30-14-12-22(13-15-30)21-10-7-20(17-28)8-11-21;1-11-7-8-4-5-9(12-2)6-10(8)13-3/h2-11,16,18,22,29H,12-15H2,1H3;4-6,11H,7H2,1-3H3. The Kier molecular flexibility index (Phi) is 12.7. The number of carbonyl (C=O) groups is 2. The number of nitriles is 1. The molecule has 1 fully saturated rings. The van der Waals surface area contributed by atoms with Crippen LogP contribution in [0.5, 0.6) is 11.5 Å². The Morgan fingerprint density at radius 1 is 1.00 bits per heavy atom. The fraction of sp³-hybridized carbons (Fsp3) is 0.270. The Morgan fingerprint density at radius 3 is 2.36 bits per heavy atom. The molecule has 1 heterocycles. The minimum Gasteiger partial charge on any atom is -0.497 e. The third kappa shape index (κ3) is 9.06. The lowest BCUT2D eigenvalue weighted by Crippen LogP contribution is -2.38. The summed E-state index contributed by atoms with van der Waals surface area (Å²) >= 11 is 0. The number of benzene rings is 4. The number of methoxy groups -OCH3 is 2. The van der Waals surface area contributed by atoms with Gasteiger partial charge in [-0.05, 0) is 80.3 Å². The van der Waals surface area contributed by atoms with Crippen LogP contribution in [-0.2, 0) is 17.5 Å². The largest absolute Gasteiger partial charge is 0.497 e. The second-order valence-electron chi connectivity index (χ2n) is 11.1. The van der Waals surface area contributed by atoms with Crippen molar-refractivity contribution >= 4 is 28.9 Å². The van der Waals surface area contributed by atoms with Gasteiger partial charge in [-0.15, -0.1) is 0 Å². The third-order valence-corrected chi connectivity index (χ3v) is 9.26. The van der Waals surface area contributed by atoms with Gasteiger partial charge in [0.05, 0.1) is 36.4 Å². The highest BCUT2D eigenvalue weighted by Crippen LogP contribution is 2.30. The van der Waals surface area contributed by atoms with E-state index in [0.717, 1.165) is 42.0 Å². The number of piperidine rings is 1. The zero-order valence-electron chi connectivity index (χ0n) is 27.1. The van der Waals surface area contributed by atoms with Crippen LogP contribution < -0.4 is 19.5 Å². The molecule has 10 heteroatoms. The average molecular weight is 653 g/mol. The summed E-state index contributed by atoms with van der Waals surface area (Å²) in [5, 5.41) is 12.1. The van der Waals surface area contributed by atoms with Gasteiger partial charge in [0.15, 0.2) is 17.3 Å². The number of amides is 1. The molecule has 0 aromatic heterocycles. The van der Waals surface area contributed by atoms with E-state index < -0.39 is 11.0 Å². The summed E-state index contributed by atoms with van der Waals surface area (Å²) in [5.74, 6) is 1.98. The predicted octanol–water partition coefficient (Wildman–Crippen LogP) is 6.26. The van der Waals surface area contributed by atoms with Crippen LogP contribution in [0, 0.1) is 18.3 Å². The first-order valence-electron chi connectivity index (χ1n) is 15.3. The smallest absolute Gasteiger partial charge is 0.253 e. The minimum absolute atomic E-state index is 0.0552. The van der Waals surface area contributed by atoms with Crippen molar-refractivity contribution in [1.82, 2.24) is 10.2 Å². The van der Waals surface area contributed by atoms with Crippen molar-refractivity contribution in [3.05, 3.63) is 118 Å². The molecule has 0 radical (unpaired) electrons. The lowest BCUT2D eigenvalue weighted by atomic mass is 9.89. The minimum atomic E-state index is -1.64. The molecule has 9 nitrogen and oxygen atoms in total. The molecule has 1 aliphatic rings. The summed E-state index contributed by atoms with van der Waals surface area (Å²) in [6, 6.07) is 27.7. The second-order valence-corrected chi connectivity index (χ2v) is 12.2. The summed E-state index contributed by atoms with van der Waals surface area (Å²) in [7, 11) is 3.58. The van der Waals surface area contributed by atoms with Gasteiger partial charge in [-0.2, -0.15) is 5.26 Å². The molecular weight excluding hydrogens is 612 g/mol. The van der Waals surface area contributed by atoms with E-state index in [9.17, 15) is 13.8 Å². The van der Waals surface area contributed by atoms with Crippen molar-refractivity contribution in [3.8, 4) is 17.6 Å². The number of nitrogens with one attached hydrogen (secondary N) is 2. The van der Waals surface area contributed by atoms with E-state index >= 15 is 0 Å². The molecular formula is C37H40N4O5S. The van der Waals surface area contributed by atoms with Crippen molar-refractivity contribution in [3.63, 3.8) is 0 Å². The molecule has 4 aromatic carbocycles. The number of aryl methyl sites for hydroxylation is 1. The molecule has 2 N–H and O–H groups in total. The highest BCUT2D eigenvalue weighted by atomic mass is 32.2. The fourth-order valence-corrected chi connectivity index (χ4v) is 6.45. The molecule has 47 heavy (non-hydrogen) atoms. The summed E-state index contributed by atoms with van der Waals surface area (Å²) in [6.07, 6.45) is 2.41. The zero-order chi connectivity index (χ0) is 33.8. The molecule has 5 rings (SSSR count).